The molecule has 11 aromatic rings. The summed E-state index contributed by atoms with van der Waals surface area (Å²) in [6.07, 6.45) is 1.65. The maximum atomic E-state index is 5.19. The Morgan fingerprint density at radius 2 is 1.11 bits per heavy atom. The predicted octanol–water partition coefficient (Wildman–Crippen LogP) is 12.3. The Labute approximate surface area is 316 Å². The van der Waals surface area contributed by atoms with Gasteiger partial charge in [0, 0.05) is 37.9 Å². The standard InChI is InChI=1S/C50H33N5/c1-50(2)41-19-8-6-16-35(41)36-23-22-31(25-42(36)50)30-13-11-14-33(24-30)48-51-29-52-49(53-48)55-44-21-10-7-18-38(44)40-27-39-34-15-4-5-17-37(34)45-26-32-12-3-9-20-43(32)54(45)46(39)28-47(40)55/h3-29H,1-2H3. The molecule has 0 atom stereocenters. The van der Waals surface area contributed by atoms with E-state index in [0.29, 0.717) is 11.8 Å². The Balaban J connectivity index is 1.04. The Hall–Kier alpha value is -7.11. The van der Waals surface area contributed by atoms with Gasteiger partial charge >= 0.3 is 0 Å². The van der Waals surface area contributed by atoms with Crippen molar-refractivity contribution in [1.29, 1.82) is 0 Å². The molecular formula is C50H33N5. The predicted molar refractivity (Wildman–Crippen MR) is 226 cm³/mol. The summed E-state index contributed by atoms with van der Waals surface area (Å²) in [4.78, 5) is 14.8. The van der Waals surface area contributed by atoms with E-state index in [4.69, 9.17) is 15.0 Å². The van der Waals surface area contributed by atoms with Crippen LogP contribution in [-0.2, 0) is 5.41 Å². The van der Waals surface area contributed by atoms with Gasteiger partial charge < -0.3 is 4.40 Å². The summed E-state index contributed by atoms with van der Waals surface area (Å²) in [5.74, 6) is 1.23. The van der Waals surface area contributed by atoms with Crippen molar-refractivity contribution in [3.63, 3.8) is 0 Å². The average Bonchev–Trinajstić information content (AvgIpc) is 3.86. The first-order chi connectivity index (χ1) is 27.0. The second kappa shape index (κ2) is 11.0. The number of benzene rings is 7. The molecule has 0 N–H and O–H groups in total. The second-order valence-electron chi connectivity index (χ2n) is 15.3. The van der Waals surface area contributed by atoms with Crippen molar-refractivity contribution in [2.45, 2.75) is 19.3 Å². The van der Waals surface area contributed by atoms with Crippen LogP contribution in [0.3, 0.4) is 0 Å². The molecule has 0 spiro atoms. The van der Waals surface area contributed by atoms with E-state index in [1.807, 2.05) is 0 Å². The first kappa shape index (κ1) is 30.4. The van der Waals surface area contributed by atoms with Crippen molar-refractivity contribution < 1.29 is 0 Å². The molecule has 1 aliphatic rings. The average molecular weight is 704 g/mol. The molecule has 0 fully saturated rings. The molecule has 1 aliphatic carbocycles. The van der Waals surface area contributed by atoms with Gasteiger partial charge in [0.25, 0.3) is 0 Å². The van der Waals surface area contributed by atoms with Gasteiger partial charge in [-0.2, -0.15) is 4.98 Å². The van der Waals surface area contributed by atoms with E-state index in [0.717, 1.165) is 38.4 Å². The molecule has 4 heterocycles. The Morgan fingerprint density at radius 1 is 0.436 bits per heavy atom. The van der Waals surface area contributed by atoms with E-state index in [9.17, 15) is 0 Å². The van der Waals surface area contributed by atoms with Crippen LogP contribution in [0.25, 0.3) is 99.5 Å². The topological polar surface area (TPSA) is 48.0 Å². The van der Waals surface area contributed by atoms with E-state index < -0.39 is 0 Å². The van der Waals surface area contributed by atoms with Crippen molar-refractivity contribution >= 4 is 59.9 Å². The molecule has 0 saturated heterocycles. The van der Waals surface area contributed by atoms with Gasteiger partial charge in [-0.1, -0.05) is 129 Å². The highest BCUT2D eigenvalue weighted by Crippen LogP contribution is 2.49. The minimum Gasteiger partial charge on any atom is -0.309 e. The van der Waals surface area contributed by atoms with E-state index in [2.05, 4.69) is 181 Å². The van der Waals surface area contributed by atoms with Gasteiger partial charge in [-0.15, -0.1) is 0 Å². The third kappa shape index (κ3) is 4.21. The normalized spacial score (nSPS) is 13.4. The van der Waals surface area contributed by atoms with E-state index in [-0.39, 0.29) is 5.41 Å². The zero-order valence-corrected chi connectivity index (χ0v) is 30.3. The van der Waals surface area contributed by atoms with Gasteiger partial charge in [-0.05, 0) is 81.2 Å². The number of fused-ring (bicyclic) bond motifs is 14. The lowest BCUT2D eigenvalue weighted by molar-refractivity contribution is 0.660. The lowest BCUT2D eigenvalue weighted by atomic mass is 9.81. The molecule has 0 radical (unpaired) electrons. The fourth-order valence-corrected chi connectivity index (χ4v) is 9.43. The van der Waals surface area contributed by atoms with Crippen LogP contribution in [0.15, 0.2) is 164 Å². The summed E-state index contributed by atoms with van der Waals surface area (Å²) in [6, 6.07) is 57.2. The molecular weight excluding hydrogens is 671 g/mol. The Morgan fingerprint density at radius 3 is 2.00 bits per heavy atom. The van der Waals surface area contributed by atoms with Gasteiger partial charge in [-0.25, -0.2) is 9.97 Å². The van der Waals surface area contributed by atoms with Crippen molar-refractivity contribution in [1.82, 2.24) is 23.9 Å². The Kier molecular flexibility index (Phi) is 6.05. The zero-order valence-electron chi connectivity index (χ0n) is 30.3. The number of hydrogen-bond acceptors (Lipinski definition) is 3. The summed E-state index contributed by atoms with van der Waals surface area (Å²) in [6.45, 7) is 4.65. The highest BCUT2D eigenvalue weighted by atomic mass is 15.2. The quantitative estimate of drug-likeness (QED) is 0.172. The lowest BCUT2D eigenvalue weighted by Gasteiger charge is -2.22. The van der Waals surface area contributed by atoms with Crippen LogP contribution in [0.5, 0.6) is 0 Å². The summed E-state index contributed by atoms with van der Waals surface area (Å²) < 4.78 is 4.61. The molecule has 7 aromatic carbocycles. The minimum atomic E-state index is -0.0659. The van der Waals surface area contributed by atoms with Crippen LogP contribution in [0, 0.1) is 0 Å². The van der Waals surface area contributed by atoms with Gasteiger partial charge in [0.05, 0.1) is 27.6 Å². The van der Waals surface area contributed by atoms with Gasteiger partial charge in [-0.3, -0.25) is 4.57 Å². The largest absolute Gasteiger partial charge is 0.309 e. The fourth-order valence-electron chi connectivity index (χ4n) is 9.43. The smallest absolute Gasteiger partial charge is 0.238 e. The van der Waals surface area contributed by atoms with Crippen molar-refractivity contribution in [2.24, 2.45) is 0 Å². The molecule has 4 aromatic heterocycles. The summed E-state index contributed by atoms with van der Waals surface area (Å²) in [5.41, 5.74) is 14.2. The van der Waals surface area contributed by atoms with Gasteiger partial charge in [0.15, 0.2) is 5.82 Å². The van der Waals surface area contributed by atoms with Crippen LogP contribution in [-0.4, -0.2) is 23.9 Å². The minimum absolute atomic E-state index is 0.0659. The third-order valence-corrected chi connectivity index (χ3v) is 12.0. The summed E-state index contributed by atoms with van der Waals surface area (Å²) in [5, 5.41) is 7.24. The second-order valence-corrected chi connectivity index (χ2v) is 15.3. The van der Waals surface area contributed by atoms with Crippen LogP contribution < -0.4 is 0 Å². The molecule has 258 valence electrons. The number of pyridine rings is 1. The zero-order chi connectivity index (χ0) is 36.4. The Bertz CT molecular complexity index is 3420. The lowest BCUT2D eigenvalue weighted by Crippen LogP contribution is -2.14. The van der Waals surface area contributed by atoms with Crippen molar-refractivity contribution in [2.75, 3.05) is 0 Å². The van der Waals surface area contributed by atoms with Crippen molar-refractivity contribution in [3.8, 4) is 39.6 Å². The highest BCUT2D eigenvalue weighted by Gasteiger charge is 2.35. The van der Waals surface area contributed by atoms with Crippen LogP contribution in [0.1, 0.15) is 25.0 Å². The number of hydrogen-bond donors (Lipinski definition) is 0. The molecule has 5 heteroatoms. The molecule has 12 rings (SSSR count). The monoisotopic (exact) mass is 703 g/mol. The van der Waals surface area contributed by atoms with E-state index in [1.165, 1.54) is 60.4 Å². The van der Waals surface area contributed by atoms with Crippen molar-refractivity contribution in [3.05, 3.63) is 175 Å². The molecule has 0 aliphatic heterocycles. The van der Waals surface area contributed by atoms with Crippen LogP contribution in [0.2, 0.25) is 0 Å². The number of rotatable bonds is 3. The molecule has 0 amide bonds. The number of para-hydroxylation sites is 2. The third-order valence-electron chi connectivity index (χ3n) is 12.0. The number of nitrogens with zero attached hydrogens (tertiary/aromatic N) is 5. The first-order valence-electron chi connectivity index (χ1n) is 18.9. The van der Waals surface area contributed by atoms with Gasteiger partial charge in [0.1, 0.15) is 6.33 Å². The number of aromatic nitrogens is 5. The molecule has 55 heavy (non-hydrogen) atoms. The molecule has 0 saturated carbocycles. The molecule has 0 unspecified atom stereocenters. The summed E-state index contributed by atoms with van der Waals surface area (Å²) in [7, 11) is 0. The summed E-state index contributed by atoms with van der Waals surface area (Å²) >= 11 is 0. The highest BCUT2D eigenvalue weighted by molar-refractivity contribution is 6.21. The molecule has 5 nitrogen and oxygen atoms in total. The maximum Gasteiger partial charge on any atom is 0.238 e. The fraction of sp³-hybridized carbons (Fsp3) is 0.0600. The first-order valence-corrected chi connectivity index (χ1v) is 18.9. The maximum absolute atomic E-state index is 5.19. The van der Waals surface area contributed by atoms with Crippen LogP contribution >= 0.6 is 0 Å². The van der Waals surface area contributed by atoms with Gasteiger partial charge in [0.2, 0.25) is 5.95 Å². The van der Waals surface area contributed by atoms with E-state index >= 15 is 0 Å². The van der Waals surface area contributed by atoms with E-state index in [1.54, 1.807) is 6.33 Å². The van der Waals surface area contributed by atoms with Crippen LogP contribution in [0.4, 0.5) is 0 Å². The SMILES string of the molecule is CC1(C)c2ccccc2-c2ccc(-c3cccc(-c4ncnc(-n5c6ccccc6c6cc7c8ccccc8c8cc9ccccc9n8c7cc65)n4)c3)cc21. The molecule has 0 bridgehead atoms.